The Hall–Kier alpha value is -1.32. The maximum atomic E-state index is 11.5. The summed E-state index contributed by atoms with van der Waals surface area (Å²) in [7, 11) is 0. The van der Waals surface area contributed by atoms with Gasteiger partial charge in [0.05, 0.1) is 12.2 Å². The smallest absolute Gasteiger partial charge is 0.308 e. The first-order chi connectivity index (χ1) is 8.95. The van der Waals surface area contributed by atoms with Gasteiger partial charge in [-0.2, -0.15) is 0 Å². The number of imidazole rings is 1. The summed E-state index contributed by atoms with van der Waals surface area (Å²) in [5.41, 5.74) is 0.280. The molecule has 1 aromatic rings. The Morgan fingerprint density at radius 1 is 1.47 bits per heavy atom. The average Bonchev–Trinajstić information content (AvgIpc) is 2.91. The van der Waals surface area contributed by atoms with Crippen molar-refractivity contribution in [2.24, 2.45) is 17.3 Å². The van der Waals surface area contributed by atoms with Crippen molar-refractivity contribution in [2.45, 2.75) is 52.5 Å². The fourth-order valence-corrected chi connectivity index (χ4v) is 3.23. The fraction of sp³-hybridized carbons (Fsp3) is 0.733. The Morgan fingerprint density at radius 3 is 2.74 bits per heavy atom. The lowest BCUT2D eigenvalue weighted by Crippen LogP contribution is -2.37. The Bertz CT molecular complexity index is 425. The molecule has 0 saturated heterocycles. The van der Waals surface area contributed by atoms with E-state index in [1.807, 2.05) is 10.8 Å². The van der Waals surface area contributed by atoms with Gasteiger partial charge in [-0.05, 0) is 30.6 Å². The molecule has 1 aliphatic carbocycles. The van der Waals surface area contributed by atoms with Crippen molar-refractivity contribution in [2.75, 3.05) is 0 Å². The highest BCUT2D eigenvalue weighted by atomic mass is 16.4. The van der Waals surface area contributed by atoms with Crippen molar-refractivity contribution < 1.29 is 9.90 Å². The summed E-state index contributed by atoms with van der Waals surface area (Å²) in [6.07, 6.45) is 9.23. The van der Waals surface area contributed by atoms with Crippen molar-refractivity contribution >= 4 is 5.97 Å². The quantitative estimate of drug-likeness (QED) is 0.907. The average molecular weight is 264 g/mol. The van der Waals surface area contributed by atoms with Crippen LogP contribution >= 0.6 is 0 Å². The molecule has 4 heteroatoms. The third kappa shape index (κ3) is 2.82. The van der Waals surface area contributed by atoms with Crippen molar-refractivity contribution in [1.82, 2.24) is 9.55 Å². The Morgan fingerprint density at radius 2 is 2.21 bits per heavy atom. The molecule has 1 heterocycles. The molecule has 1 saturated carbocycles. The molecule has 3 unspecified atom stereocenters. The molecule has 1 fully saturated rings. The summed E-state index contributed by atoms with van der Waals surface area (Å²) in [6.45, 7) is 6.81. The first-order valence-corrected chi connectivity index (χ1v) is 7.16. The topological polar surface area (TPSA) is 55.1 Å². The van der Waals surface area contributed by atoms with Crippen molar-refractivity contribution in [3.05, 3.63) is 18.7 Å². The molecular formula is C15H24N2O2. The maximum Gasteiger partial charge on any atom is 0.308 e. The summed E-state index contributed by atoms with van der Waals surface area (Å²) in [4.78, 5) is 15.5. The Labute approximate surface area is 114 Å². The van der Waals surface area contributed by atoms with Crippen molar-refractivity contribution in [3.8, 4) is 0 Å². The molecule has 1 aliphatic rings. The van der Waals surface area contributed by atoms with Crippen LogP contribution in [-0.4, -0.2) is 20.6 Å². The second-order valence-electron chi connectivity index (χ2n) is 6.37. The van der Waals surface area contributed by atoms with Crippen LogP contribution in [0.4, 0.5) is 0 Å². The lowest BCUT2D eigenvalue weighted by molar-refractivity contribution is -0.145. The maximum absolute atomic E-state index is 11.5. The SMILES string of the molecule is CCC(C)(C)C1CCC(C(=O)O)C(n2ccnc2)C1. The minimum Gasteiger partial charge on any atom is -0.481 e. The van der Waals surface area contributed by atoms with Crippen LogP contribution in [0.2, 0.25) is 0 Å². The highest BCUT2D eigenvalue weighted by Crippen LogP contribution is 2.46. The molecular weight excluding hydrogens is 240 g/mol. The van der Waals surface area contributed by atoms with Gasteiger partial charge in [0.15, 0.2) is 0 Å². The van der Waals surface area contributed by atoms with Crippen molar-refractivity contribution in [1.29, 1.82) is 0 Å². The summed E-state index contributed by atoms with van der Waals surface area (Å²) in [5.74, 6) is -0.370. The van der Waals surface area contributed by atoms with Crippen LogP contribution in [0, 0.1) is 17.3 Å². The van der Waals surface area contributed by atoms with Crippen molar-refractivity contribution in [3.63, 3.8) is 0 Å². The molecule has 2 rings (SSSR count). The van der Waals surface area contributed by atoms with E-state index in [4.69, 9.17) is 0 Å². The summed E-state index contributed by atoms with van der Waals surface area (Å²) >= 11 is 0. The van der Waals surface area contributed by atoms with Gasteiger partial charge in [-0.15, -0.1) is 0 Å². The zero-order valence-electron chi connectivity index (χ0n) is 12.0. The van der Waals surface area contributed by atoms with Crippen LogP contribution < -0.4 is 0 Å². The molecule has 0 spiro atoms. The molecule has 4 nitrogen and oxygen atoms in total. The first-order valence-electron chi connectivity index (χ1n) is 7.16. The normalized spacial score (nSPS) is 28.3. The van der Waals surface area contributed by atoms with E-state index >= 15 is 0 Å². The number of carboxylic acids is 1. The van der Waals surface area contributed by atoms with Gasteiger partial charge in [-0.1, -0.05) is 27.2 Å². The van der Waals surface area contributed by atoms with E-state index < -0.39 is 5.97 Å². The van der Waals surface area contributed by atoms with Gasteiger partial charge < -0.3 is 9.67 Å². The summed E-state index contributed by atoms with van der Waals surface area (Å²) in [5, 5.41) is 9.42. The van der Waals surface area contributed by atoms with E-state index in [1.54, 1.807) is 12.5 Å². The van der Waals surface area contributed by atoms with Gasteiger partial charge in [0, 0.05) is 18.4 Å². The van der Waals surface area contributed by atoms with Crippen LogP contribution in [0.15, 0.2) is 18.7 Å². The number of aromatic nitrogens is 2. The van der Waals surface area contributed by atoms with E-state index in [-0.39, 0.29) is 17.4 Å². The largest absolute Gasteiger partial charge is 0.481 e. The Balaban J connectivity index is 2.21. The molecule has 106 valence electrons. The van der Waals surface area contributed by atoms with Gasteiger partial charge in [0.25, 0.3) is 0 Å². The minimum absolute atomic E-state index is 0.0459. The molecule has 0 radical (unpaired) electrons. The molecule has 0 amide bonds. The minimum atomic E-state index is -0.675. The molecule has 3 atom stereocenters. The third-order valence-corrected chi connectivity index (χ3v) is 5.06. The van der Waals surface area contributed by atoms with Crippen LogP contribution in [0.25, 0.3) is 0 Å². The predicted octanol–water partition coefficient (Wildman–Crippen LogP) is 3.36. The molecule has 0 aliphatic heterocycles. The number of hydrogen-bond acceptors (Lipinski definition) is 2. The molecule has 1 N–H and O–H groups in total. The second-order valence-corrected chi connectivity index (χ2v) is 6.37. The fourth-order valence-electron chi connectivity index (χ4n) is 3.23. The predicted molar refractivity (Wildman–Crippen MR) is 73.8 cm³/mol. The summed E-state index contributed by atoms with van der Waals surface area (Å²) in [6, 6.07) is 0.0459. The van der Waals surface area contributed by atoms with Crippen LogP contribution in [0.1, 0.15) is 52.5 Å². The van der Waals surface area contributed by atoms with E-state index in [0.29, 0.717) is 5.92 Å². The van der Waals surface area contributed by atoms with E-state index in [9.17, 15) is 9.90 Å². The van der Waals surface area contributed by atoms with Crippen LogP contribution in [-0.2, 0) is 4.79 Å². The van der Waals surface area contributed by atoms with Gasteiger partial charge in [0.1, 0.15) is 0 Å². The zero-order valence-corrected chi connectivity index (χ0v) is 12.0. The molecule has 0 aromatic carbocycles. The van der Waals surface area contributed by atoms with Gasteiger partial charge >= 0.3 is 5.97 Å². The first kappa shape index (κ1) is 14.1. The number of rotatable bonds is 4. The van der Waals surface area contributed by atoms with Gasteiger partial charge in [-0.25, -0.2) is 4.98 Å². The van der Waals surface area contributed by atoms with Gasteiger partial charge in [-0.3, -0.25) is 4.79 Å². The van der Waals surface area contributed by atoms with Gasteiger partial charge in [0.2, 0.25) is 0 Å². The molecule has 1 aromatic heterocycles. The highest BCUT2D eigenvalue weighted by Gasteiger charge is 2.40. The van der Waals surface area contributed by atoms with E-state index in [1.165, 1.54) is 0 Å². The number of carbonyl (C=O) groups is 1. The highest BCUT2D eigenvalue weighted by molar-refractivity contribution is 5.70. The number of nitrogens with zero attached hydrogens (tertiary/aromatic N) is 2. The molecule has 0 bridgehead atoms. The third-order valence-electron chi connectivity index (χ3n) is 5.06. The van der Waals surface area contributed by atoms with Crippen LogP contribution in [0.3, 0.4) is 0 Å². The zero-order chi connectivity index (χ0) is 14.0. The van der Waals surface area contributed by atoms with E-state index in [2.05, 4.69) is 25.8 Å². The van der Waals surface area contributed by atoms with Crippen LogP contribution in [0.5, 0.6) is 0 Å². The monoisotopic (exact) mass is 264 g/mol. The molecule has 19 heavy (non-hydrogen) atoms. The van der Waals surface area contributed by atoms with E-state index in [0.717, 1.165) is 25.7 Å². The standard InChI is InChI=1S/C15H24N2O2/c1-4-15(2,3)11-5-6-12(14(18)19)13(9-11)17-8-7-16-10-17/h7-8,10-13H,4-6,9H2,1-3H3,(H,18,19). The number of hydrogen-bond donors (Lipinski definition) is 1. The summed E-state index contributed by atoms with van der Waals surface area (Å²) < 4.78 is 1.98. The number of carboxylic acid groups (broad SMARTS) is 1. The lowest BCUT2D eigenvalue weighted by atomic mass is 9.66. The lowest BCUT2D eigenvalue weighted by Gasteiger charge is -2.42. The second kappa shape index (κ2) is 5.35. The number of aliphatic carboxylic acids is 1. The Kier molecular flexibility index (Phi) is 3.97.